The molecule has 0 N–H and O–H groups in total. The van der Waals surface area contributed by atoms with E-state index in [2.05, 4.69) is 0 Å². The molecule has 7 nitrogen and oxygen atoms in total. The van der Waals surface area contributed by atoms with Gasteiger partial charge in [0.25, 0.3) is 0 Å². The molecule has 1 aliphatic rings. The van der Waals surface area contributed by atoms with Gasteiger partial charge in [-0.2, -0.15) is 13.2 Å². The molecule has 0 saturated carbocycles. The van der Waals surface area contributed by atoms with Crippen molar-refractivity contribution in [3.63, 3.8) is 0 Å². The number of carbonyl (C=O) groups excluding carboxylic acids is 2. The number of alkyl halides is 3. The van der Waals surface area contributed by atoms with Gasteiger partial charge in [-0.15, -0.1) is 0 Å². The third-order valence-corrected chi connectivity index (χ3v) is 5.04. The van der Waals surface area contributed by atoms with Crippen molar-refractivity contribution in [2.75, 3.05) is 20.8 Å². The number of hydrogen-bond acceptors (Lipinski definition) is 5. The van der Waals surface area contributed by atoms with Crippen molar-refractivity contribution in [3.8, 4) is 0 Å². The van der Waals surface area contributed by atoms with Gasteiger partial charge in [0.2, 0.25) is 5.91 Å². The molecule has 30 heavy (non-hydrogen) atoms. The Bertz CT molecular complexity index is 590. The first-order valence-corrected chi connectivity index (χ1v) is 10.1. The molecule has 1 fully saturated rings. The summed E-state index contributed by atoms with van der Waals surface area (Å²) in [5.74, 6) is -0.763. The summed E-state index contributed by atoms with van der Waals surface area (Å²) in [6.07, 6.45) is -5.23. The Kier molecular flexibility index (Phi) is 8.98. The zero-order valence-corrected chi connectivity index (χ0v) is 19.0. The normalized spacial score (nSPS) is 20.2. The highest BCUT2D eigenvalue weighted by Gasteiger charge is 2.48. The topological polar surface area (TPSA) is 68.3 Å². The van der Waals surface area contributed by atoms with E-state index in [1.807, 2.05) is 0 Å². The molecule has 0 aliphatic carbocycles. The van der Waals surface area contributed by atoms with Crippen LogP contribution in [-0.2, 0) is 19.1 Å². The van der Waals surface area contributed by atoms with E-state index in [1.54, 1.807) is 34.6 Å². The molecule has 0 aromatic heterocycles. The lowest BCUT2D eigenvalue weighted by molar-refractivity contribution is -0.168. The lowest BCUT2D eigenvalue weighted by Crippen LogP contribution is -2.52. The molecular weight excluding hydrogens is 405 g/mol. The molecule has 0 bridgehead atoms. The largest absolute Gasteiger partial charge is 0.444 e. The van der Waals surface area contributed by atoms with E-state index in [1.165, 1.54) is 19.1 Å². The highest BCUT2D eigenvalue weighted by atomic mass is 19.4. The van der Waals surface area contributed by atoms with Crippen molar-refractivity contribution in [1.82, 2.24) is 9.96 Å². The minimum absolute atomic E-state index is 0.112. The summed E-state index contributed by atoms with van der Waals surface area (Å²) < 4.78 is 50.0. The maximum atomic E-state index is 12.9. The molecule has 2 atom stereocenters. The number of ether oxygens (including phenoxy) is 2. The fourth-order valence-corrected chi connectivity index (χ4v) is 3.50. The standard InChI is InChI=1S/C20H35F3N2O5/c1-18(2,3)30-17(27)25-15(13-29-19(25,4)5)14(11-12-20(21,22)23)9-8-10-16(26)24(6)28-7/h14-15H,8-13H2,1-7H3/t14-,15-/m0/s1. The second-order valence-electron chi connectivity index (χ2n) is 9.06. The SMILES string of the molecule is CON(C)C(=O)CCC[C@@H](CCC(F)(F)F)[C@@H]1COC(C)(C)N1C(=O)OC(C)(C)C. The van der Waals surface area contributed by atoms with Gasteiger partial charge in [-0.05, 0) is 59.8 Å². The molecule has 1 heterocycles. The summed E-state index contributed by atoms with van der Waals surface area (Å²) in [5, 5.41) is 1.08. The van der Waals surface area contributed by atoms with Crippen molar-refractivity contribution < 1.29 is 37.1 Å². The summed E-state index contributed by atoms with van der Waals surface area (Å²) in [7, 11) is 2.84. The molecule has 1 rings (SSSR count). The first kappa shape index (κ1) is 26.5. The number of nitrogens with zero attached hydrogens (tertiary/aromatic N) is 2. The van der Waals surface area contributed by atoms with E-state index in [-0.39, 0.29) is 25.4 Å². The smallest absolute Gasteiger partial charge is 0.412 e. The lowest BCUT2D eigenvalue weighted by Gasteiger charge is -2.38. The van der Waals surface area contributed by atoms with Crippen molar-refractivity contribution >= 4 is 12.0 Å². The van der Waals surface area contributed by atoms with E-state index in [0.717, 1.165) is 5.06 Å². The second kappa shape index (κ2) is 10.2. The predicted octanol–water partition coefficient (Wildman–Crippen LogP) is 4.51. The van der Waals surface area contributed by atoms with Gasteiger partial charge in [-0.1, -0.05) is 0 Å². The molecule has 1 aliphatic heterocycles. The quantitative estimate of drug-likeness (QED) is 0.520. The zero-order chi connectivity index (χ0) is 23.3. The van der Waals surface area contributed by atoms with Crippen LogP contribution in [0.5, 0.6) is 0 Å². The van der Waals surface area contributed by atoms with E-state index in [0.29, 0.717) is 12.8 Å². The Morgan fingerprint density at radius 1 is 1.23 bits per heavy atom. The monoisotopic (exact) mass is 440 g/mol. The third kappa shape index (κ3) is 8.29. The number of rotatable bonds is 8. The molecule has 0 unspecified atom stereocenters. The first-order chi connectivity index (χ1) is 13.6. The minimum Gasteiger partial charge on any atom is -0.444 e. The van der Waals surface area contributed by atoms with E-state index in [4.69, 9.17) is 14.3 Å². The zero-order valence-electron chi connectivity index (χ0n) is 19.0. The van der Waals surface area contributed by atoms with Crippen LogP contribution in [0, 0.1) is 5.92 Å². The molecule has 1 saturated heterocycles. The number of carbonyl (C=O) groups is 2. The Balaban J connectivity index is 2.98. The van der Waals surface area contributed by atoms with Gasteiger partial charge in [0.15, 0.2) is 0 Å². The highest BCUT2D eigenvalue weighted by molar-refractivity contribution is 5.74. The molecule has 176 valence electrons. The summed E-state index contributed by atoms with van der Waals surface area (Å²) in [6.45, 7) is 8.67. The Labute approximate surface area is 176 Å². The lowest BCUT2D eigenvalue weighted by atomic mass is 9.88. The van der Waals surface area contributed by atoms with E-state index < -0.39 is 42.0 Å². The summed E-state index contributed by atoms with van der Waals surface area (Å²) in [5.41, 5.74) is -1.76. The summed E-state index contributed by atoms with van der Waals surface area (Å²) >= 11 is 0. The molecule has 0 spiro atoms. The highest BCUT2D eigenvalue weighted by Crippen LogP contribution is 2.37. The van der Waals surface area contributed by atoms with Gasteiger partial charge in [0.1, 0.15) is 11.3 Å². The first-order valence-electron chi connectivity index (χ1n) is 10.1. The van der Waals surface area contributed by atoms with Gasteiger partial charge in [-0.3, -0.25) is 14.5 Å². The van der Waals surface area contributed by atoms with Crippen LogP contribution in [0.15, 0.2) is 0 Å². The molecule has 0 aromatic carbocycles. The van der Waals surface area contributed by atoms with Crippen LogP contribution >= 0.6 is 0 Å². The van der Waals surface area contributed by atoms with Crippen molar-refractivity contribution in [3.05, 3.63) is 0 Å². The van der Waals surface area contributed by atoms with Crippen molar-refractivity contribution in [1.29, 1.82) is 0 Å². The van der Waals surface area contributed by atoms with Crippen LogP contribution < -0.4 is 0 Å². The maximum Gasteiger partial charge on any atom is 0.412 e. The summed E-state index contributed by atoms with van der Waals surface area (Å²) in [4.78, 5) is 31.0. The van der Waals surface area contributed by atoms with E-state index in [9.17, 15) is 22.8 Å². The van der Waals surface area contributed by atoms with Crippen molar-refractivity contribution in [2.45, 2.75) is 90.3 Å². The molecule has 0 radical (unpaired) electrons. The average molecular weight is 441 g/mol. The number of hydrogen-bond donors (Lipinski definition) is 0. The predicted molar refractivity (Wildman–Crippen MR) is 104 cm³/mol. The number of hydroxylamine groups is 2. The van der Waals surface area contributed by atoms with Crippen LogP contribution in [0.3, 0.4) is 0 Å². The van der Waals surface area contributed by atoms with Gasteiger partial charge >= 0.3 is 12.3 Å². The number of halogens is 3. The van der Waals surface area contributed by atoms with Crippen LogP contribution in [-0.4, -0.2) is 66.3 Å². The van der Waals surface area contributed by atoms with Gasteiger partial charge in [0, 0.05) is 19.9 Å². The number of amides is 2. The Morgan fingerprint density at radius 3 is 2.33 bits per heavy atom. The van der Waals surface area contributed by atoms with Crippen molar-refractivity contribution in [2.24, 2.45) is 5.92 Å². The molecule has 0 aromatic rings. The van der Waals surface area contributed by atoms with Crippen LogP contribution in [0.1, 0.15) is 66.7 Å². The van der Waals surface area contributed by atoms with Crippen LogP contribution in [0.4, 0.5) is 18.0 Å². The fraction of sp³-hybridized carbons (Fsp3) is 0.900. The molecule has 10 heteroatoms. The van der Waals surface area contributed by atoms with Crippen LogP contribution in [0.25, 0.3) is 0 Å². The second-order valence-corrected chi connectivity index (χ2v) is 9.06. The maximum absolute atomic E-state index is 12.9. The molecule has 2 amide bonds. The molecular formula is C20H35F3N2O5. The van der Waals surface area contributed by atoms with Gasteiger partial charge < -0.3 is 9.47 Å². The third-order valence-electron chi connectivity index (χ3n) is 5.04. The Morgan fingerprint density at radius 2 is 1.83 bits per heavy atom. The Hall–Kier alpha value is -1.55. The minimum atomic E-state index is -4.31. The van der Waals surface area contributed by atoms with Gasteiger partial charge in [0.05, 0.1) is 19.8 Å². The van der Waals surface area contributed by atoms with E-state index >= 15 is 0 Å². The van der Waals surface area contributed by atoms with Gasteiger partial charge in [-0.25, -0.2) is 9.86 Å². The average Bonchev–Trinajstić information content (AvgIpc) is 2.89. The summed E-state index contributed by atoms with van der Waals surface area (Å²) in [6, 6.07) is -0.576. The fourth-order valence-electron chi connectivity index (χ4n) is 3.50. The van der Waals surface area contributed by atoms with Crippen LogP contribution in [0.2, 0.25) is 0 Å².